The van der Waals surface area contributed by atoms with E-state index in [4.69, 9.17) is 5.73 Å². The van der Waals surface area contributed by atoms with Gasteiger partial charge in [0.25, 0.3) is 0 Å². The number of aromatic amines is 1. The van der Waals surface area contributed by atoms with Crippen LogP contribution in [0.1, 0.15) is 38.7 Å². The number of hydrogen-bond donors (Lipinski definition) is 6. The van der Waals surface area contributed by atoms with E-state index >= 15 is 0 Å². The second-order valence-electron chi connectivity index (χ2n) is 9.59. The third-order valence-electron chi connectivity index (χ3n) is 6.51. The van der Waals surface area contributed by atoms with Gasteiger partial charge in [0.15, 0.2) is 0 Å². The highest BCUT2D eigenvalue weighted by atomic mass is 16.4. The highest BCUT2D eigenvalue weighted by Crippen LogP contribution is 2.20. The molecule has 4 atom stereocenters. The molecule has 1 aliphatic heterocycles. The SMILES string of the molecule is CC(C)C(NC(=O)C(N)Cc1c[nH]c2ccccc12)C(=O)NC(CC(=O)O)C(=O)N1CCCC1C(=O)O. The fraction of sp³-hybridized carbons (Fsp3) is 0.480. The average molecular weight is 516 g/mol. The molecular weight excluding hydrogens is 482 g/mol. The van der Waals surface area contributed by atoms with Crippen molar-refractivity contribution >= 4 is 40.6 Å². The maximum Gasteiger partial charge on any atom is 0.326 e. The van der Waals surface area contributed by atoms with Crippen molar-refractivity contribution in [1.82, 2.24) is 20.5 Å². The molecule has 0 bridgehead atoms. The number of benzene rings is 1. The number of nitrogens with zero attached hydrogens (tertiary/aromatic N) is 1. The first-order valence-electron chi connectivity index (χ1n) is 12.2. The van der Waals surface area contributed by atoms with Crippen LogP contribution in [-0.2, 0) is 30.4 Å². The van der Waals surface area contributed by atoms with Gasteiger partial charge in [0.05, 0.1) is 12.5 Å². The normalized spacial score (nSPS) is 17.8. The number of nitrogens with two attached hydrogens (primary N) is 1. The molecule has 0 aliphatic carbocycles. The Morgan fingerprint density at radius 1 is 1.11 bits per heavy atom. The van der Waals surface area contributed by atoms with Gasteiger partial charge in [-0.15, -0.1) is 0 Å². The van der Waals surface area contributed by atoms with Crippen molar-refractivity contribution in [3.8, 4) is 0 Å². The molecule has 0 spiro atoms. The van der Waals surface area contributed by atoms with Crippen molar-refractivity contribution < 1.29 is 34.2 Å². The van der Waals surface area contributed by atoms with E-state index in [1.54, 1.807) is 20.0 Å². The minimum atomic E-state index is -1.48. The number of likely N-dealkylation sites (tertiary alicyclic amines) is 1. The molecular formula is C25H33N5O7. The molecule has 0 radical (unpaired) electrons. The molecule has 1 fully saturated rings. The van der Waals surface area contributed by atoms with Crippen LogP contribution in [0, 0.1) is 5.92 Å². The molecule has 2 heterocycles. The smallest absolute Gasteiger partial charge is 0.326 e. The van der Waals surface area contributed by atoms with Gasteiger partial charge in [0.1, 0.15) is 18.1 Å². The predicted octanol–water partition coefficient (Wildman–Crippen LogP) is 0.214. The number of para-hydroxylation sites is 1. The van der Waals surface area contributed by atoms with Gasteiger partial charge in [-0.2, -0.15) is 0 Å². The van der Waals surface area contributed by atoms with Gasteiger partial charge in [-0.05, 0) is 36.8 Å². The summed E-state index contributed by atoms with van der Waals surface area (Å²) in [5.74, 6) is -5.06. The van der Waals surface area contributed by atoms with Gasteiger partial charge in [-0.25, -0.2) is 4.79 Å². The number of nitrogens with one attached hydrogen (secondary N) is 3. The first-order valence-corrected chi connectivity index (χ1v) is 12.2. The van der Waals surface area contributed by atoms with E-state index in [1.807, 2.05) is 24.3 Å². The maximum absolute atomic E-state index is 13.1. The van der Waals surface area contributed by atoms with E-state index in [1.165, 1.54) is 0 Å². The van der Waals surface area contributed by atoms with Crippen LogP contribution >= 0.6 is 0 Å². The van der Waals surface area contributed by atoms with Crippen LogP contribution in [0.2, 0.25) is 0 Å². The minimum absolute atomic E-state index is 0.148. The van der Waals surface area contributed by atoms with Gasteiger partial charge in [-0.3, -0.25) is 19.2 Å². The molecule has 1 aromatic heterocycles. The molecule has 12 heteroatoms. The largest absolute Gasteiger partial charge is 0.481 e. The van der Waals surface area contributed by atoms with Crippen molar-refractivity contribution in [2.75, 3.05) is 6.54 Å². The Bertz CT molecular complexity index is 1180. The number of hydrogen-bond acceptors (Lipinski definition) is 6. The number of carboxylic acids is 2. The van der Waals surface area contributed by atoms with Crippen molar-refractivity contribution in [1.29, 1.82) is 0 Å². The number of aliphatic carboxylic acids is 2. The molecule has 1 aromatic carbocycles. The number of aromatic nitrogens is 1. The molecule has 2 aromatic rings. The molecule has 7 N–H and O–H groups in total. The van der Waals surface area contributed by atoms with Crippen LogP contribution in [0.5, 0.6) is 0 Å². The number of carbonyl (C=O) groups excluding carboxylic acids is 3. The zero-order valence-electron chi connectivity index (χ0n) is 20.8. The summed E-state index contributed by atoms with van der Waals surface area (Å²) >= 11 is 0. The number of carboxylic acid groups (broad SMARTS) is 2. The standard InChI is InChI=1S/C25H33N5O7/c1-13(2)21(29-22(33)16(26)10-14-12-27-17-7-4-3-6-15(14)17)23(34)28-18(11-20(31)32)24(35)30-9-5-8-19(30)25(36)37/h3-4,6-7,12-13,16,18-19,21,27H,5,8-11,26H2,1-2H3,(H,28,34)(H,29,33)(H,31,32)(H,36,37). The topological polar surface area (TPSA) is 195 Å². The number of rotatable bonds is 11. The number of H-pyrrole nitrogens is 1. The first-order chi connectivity index (χ1) is 17.5. The summed E-state index contributed by atoms with van der Waals surface area (Å²) in [5, 5.41) is 24.6. The number of amides is 3. The minimum Gasteiger partial charge on any atom is -0.481 e. The lowest BCUT2D eigenvalue weighted by Gasteiger charge is -2.29. The average Bonchev–Trinajstić information content (AvgIpc) is 3.48. The third kappa shape index (κ3) is 6.64. The lowest BCUT2D eigenvalue weighted by molar-refractivity contribution is -0.150. The van der Waals surface area contributed by atoms with Gasteiger partial charge < -0.3 is 36.5 Å². The fourth-order valence-electron chi connectivity index (χ4n) is 4.55. The zero-order valence-corrected chi connectivity index (χ0v) is 20.8. The molecule has 0 saturated carbocycles. The summed E-state index contributed by atoms with van der Waals surface area (Å²) in [6.45, 7) is 3.52. The van der Waals surface area contributed by atoms with E-state index in [9.17, 15) is 34.2 Å². The Labute approximate surface area is 213 Å². The Morgan fingerprint density at radius 2 is 1.81 bits per heavy atom. The van der Waals surface area contributed by atoms with E-state index < -0.39 is 66.2 Å². The number of fused-ring (bicyclic) bond motifs is 1. The third-order valence-corrected chi connectivity index (χ3v) is 6.51. The van der Waals surface area contributed by atoms with Crippen LogP contribution in [0.3, 0.4) is 0 Å². The molecule has 1 aliphatic rings. The van der Waals surface area contributed by atoms with Crippen molar-refractivity contribution in [3.05, 3.63) is 36.0 Å². The van der Waals surface area contributed by atoms with E-state index in [-0.39, 0.29) is 19.4 Å². The Morgan fingerprint density at radius 3 is 2.46 bits per heavy atom. The van der Waals surface area contributed by atoms with E-state index in [0.717, 1.165) is 21.4 Å². The first kappa shape index (κ1) is 27.7. The van der Waals surface area contributed by atoms with Crippen LogP contribution in [0.4, 0.5) is 0 Å². The zero-order chi connectivity index (χ0) is 27.3. The molecule has 37 heavy (non-hydrogen) atoms. The molecule has 4 unspecified atom stereocenters. The quantitative estimate of drug-likeness (QED) is 0.244. The van der Waals surface area contributed by atoms with Gasteiger partial charge in [-0.1, -0.05) is 32.0 Å². The van der Waals surface area contributed by atoms with Gasteiger partial charge >= 0.3 is 11.9 Å². The van der Waals surface area contributed by atoms with Crippen molar-refractivity contribution in [3.63, 3.8) is 0 Å². The van der Waals surface area contributed by atoms with E-state index in [0.29, 0.717) is 6.42 Å². The summed E-state index contributed by atoms with van der Waals surface area (Å²) in [4.78, 5) is 66.1. The summed E-state index contributed by atoms with van der Waals surface area (Å²) in [5.41, 5.74) is 7.88. The van der Waals surface area contributed by atoms with Crippen LogP contribution in [0.15, 0.2) is 30.5 Å². The summed E-state index contributed by atoms with van der Waals surface area (Å²) in [7, 11) is 0. The summed E-state index contributed by atoms with van der Waals surface area (Å²) < 4.78 is 0. The fourth-order valence-corrected chi connectivity index (χ4v) is 4.55. The molecule has 12 nitrogen and oxygen atoms in total. The van der Waals surface area contributed by atoms with E-state index in [2.05, 4.69) is 15.6 Å². The predicted molar refractivity (Wildman–Crippen MR) is 133 cm³/mol. The molecule has 200 valence electrons. The summed E-state index contributed by atoms with van der Waals surface area (Å²) in [6.07, 6.45) is 1.96. The Kier molecular flexibility index (Phi) is 8.87. The molecule has 3 rings (SSSR count). The molecule has 3 amide bonds. The van der Waals surface area contributed by atoms with Gasteiger partial charge in [0.2, 0.25) is 17.7 Å². The molecule has 1 saturated heterocycles. The second kappa shape index (κ2) is 11.9. The van der Waals surface area contributed by atoms with Gasteiger partial charge in [0, 0.05) is 23.6 Å². The summed E-state index contributed by atoms with van der Waals surface area (Å²) in [6, 6.07) is 2.94. The maximum atomic E-state index is 13.1. The van der Waals surface area contributed by atoms with Crippen molar-refractivity contribution in [2.24, 2.45) is 11.7 Å². The lowest BCUT2D eigenvalue weighted by Crippen LogP contribution is -2.59. The van der Waals surface area contributed by atoms with Crippen LogP contribution in [-0.4, -0.2) is 80.5 Å². The van der Waals surface area contributed by atoms with Crippen LogP contribution < -0.4 is 16.4 Å². The monoisotopic (exact) mass is 515 g/mol. The lowest BCUT2D eigenvalue weighted by atomic mass is 10.0. The Hall–Kier alpha value is -3.93. The van der Waals surface area contributed by atoms with Crippen LogP contribution in [0.25, 0.3) is 10.9 Å². The highest BCUT2D eigenvalue weighted by Gasteiger charge is 2.39. The second-order valence-corrected chi connectivity index (χ2v) is 9.59. The number of carbonyl (C=O) groups is 5. The Balaban J connectivity index is 1.69. The highest BCUT2D eigenvalue weighted by molar-refractivity contribution is 5.96. The van der Waals surface area contributed by atoms with Crippen molar-refractivity contribution in [2.45, 2.75) is 63.7 Å².